The average Bonchev–Trinajstić information content (AvgIpc) is 2.99. The van der Waals surface area contributed by atoms with Gasteiger partial charge >= 0.3 is 11.9 Å². The smallest absolute Gasteiger partial charge is 0.351 e. The van der Waals surface area contributed by atoms with Crippen LogP contribution in [-0.2, 0) is 38.1 Å². The van der Waals surface area contributed by atoms with E-state index in [0.29, 0.717) is 25.0 Å². The molecule has 2 bridgehead atoms. The normalized spacial score (nSPS) is 43.3. The number of fused-ring (bicyclic) bond motifs is 3. The van der Waals surface area contributed by atoms with Crippen LogP contribution in [-0.4, -0.2) is 119 Å². The van der Waals surface area contributed by atoms with E-state index in [-0.39, 0.29) is 37.5 Å². The van der Waals surface area contributed by atoms with E-state index in [1.54, 1.807) is 26.8 Å². The fourth-order valence-corrected chi connectivity index (χ4v) is 8.35. The summed E-state index contributed by atoms with van der Waals surface area (Å²) in [7, 11) is 3.71. The highest BCUT2D eigenvalue weighted by Gasteiger charge is 2.55. The zero-order valence-electron chi connectivity index (χ0n) is 30.5. The van der Waals surface area contributed by atoms with Gasteiger partial charge in [0.15, 0.2) is 18.2 Å². The van der Waals surface area contributed by atoms with Gasteiger partial charge in [0, 0.05) is 29.7 Å². The predicted molar refractivity (Wildman–Crippen MR) is 182 cm³/mol. The third-order valence-electron chi connectivity index (χ3n) is 10.3. The van der Waals surface area contributed by atoms with Crippen LogP contribution in [0.25, 0.3) is 0 Å². The number of Topliss-reactive ketones (excluding diaryl/α,β-unsaturated/α-hetero) is 1. The van der Waals surface area contributed by atoms with E-state index in [4.69, 9.17) is 29.1 Å². The number of aliphatic hydroxyl groups is 1. The molecule has 12 atom stereocenters. The first-order chi connectivity index (χ1) is 22.2. The summed E-state index contributed by atoms with van der Waals surface area (Å²) in [6.07, 6.45) is 0.846. The molecule has 0 unspecified atom stereocenters. The summed E-state index contributed by atoms with van der Waals surface area (Å²) >= 11 is 1.40. The number of likely N-dealkylation sites (N-methyl/N-ethyl adjacent to an activating group) is 1. The lowest BCUT2D eigenvalue weighted by atomic mass is 9.76. The lowest BCUT2D eigenvalue weighted by Gasteiger charge is -2.48. The highest BCUT2D eigenvalue weighted by Crippen LogP contribution is 2.41. The number of rotatable bonds is 6. The fourth-order valence-electron chi connectivity index (χ4n) is 7.37. The zero-order valence-corrected chi connectivity index (χ0v) is 31.3. The Morgan fingerprint density at radius 1 is 1.21 bits per heavy atom. The summed E-state index contributed by atoms with van der Waals surface area (Å²) in [6.45, 7) is 12.5. The summed E-state index contributed by atoms with van der Waals surface area (Å²) < 4.78 is 47.6. The Labute approximate surface area is 289 Å². The van der Waals surface area contributed by atoms with Gasteiger partial charge in [-0.25, -0.2) is 9.18 Å². The van der Waals surface area contributed by atoms with E-state index in [2.05, 4.69) is 0 Å². The van der Waals surface area contributed by atoms with Gasteiger partial charge in [-0.05, 0) is 91.8 Å². The maximum Gasteiger partial charge on any atom is 0.351 e. The monoisotopic (exact) mass is 700 g/mol. The molecule has 2 N–H and O–H groups in total. The Hall–Kier alpha value is -1.90. The van der Waals surface area contributed by atoms with Gasteiger partial charge in [0.2, 0.25) is 0 Å². The second kappa shape index (κ2) is 16.0. The van der Waals surface area contributed by atoms with Gasteiger partial charge in [0.25, 0.3) is 5.67 Å². The summed E-state index contributed by atoms with van der Waals surface area (Å²) in [5.41, 5.74) is -4.78. The van der Waals surface area contributed by atoms with Crippen molar-refractivity contribution < 1.29 is 47.6 Å². The Balaban J connectivity index is 2.20. The van der Waals surface area contributed by atoms with Crippen LogP contribution in [0, 0.1) is 17.2 Å². The van der Waals surface area contributed by atoms with Gasteiger partial charge in [-0.15, -0.1) is 0 Å². The number of nitrogens with one attached hydrogen (secondary N) is 1. The van der Waals surface area contributed by atoms with E-state index in [0.717, 1.165) is 12.5 Å². The molecule has 0 amide bonds. The van der Waals surface area contributed by atoms with E-state index < -0.39 is 70.4 Å². The topological polar surface area (TPSA) is 145 Å². The second-order valence-corrected chi connectivity index (χ2v) is 15.7. The average molecular weight is 701 g/mol. The van der Waals surface area contributed by atoms with Crippen molar-refractivity contribution >= 4 is 35.2 Å². The van der Waals surface area contributed by atoms with Crippen molar-refractivity contribution in [1.29, 1.82) is 5.41 Å². The molecule has 2 saturated heterocycles. The molecule has 0 aromatic carbocycles. The zero-order chi connectivity index (χ0) is 36.4. The molecule has 2 fully saturated rings. The minimum Gasteiger partial charge on any atom is -0.457 e. The van der Waals surface area contributed by atoms with Crippen molar-refractivity contribution in [2.45, 2.75) is 146 Å². The molecule has 11 nitrogen and oxygen atoms in total. The number of ether oxygens (including phenoxy) is 5. The minimum absolute atomic E-state index is 0.0881. The van der Waals surface area contributed by atoms with Crippen LogP contribution in [0.4, 0.5) is 4.39 Å². The fraction of sp³-hybridized carbons (Fsp3) is 0.829. The molecule has 3 heterocycles. The number of esters is 2. The molecule has 3 aliphatic rings. The number of ketones is 1. The van der Waals surface area contributed by atoms with Crippen molar-refractivity contribution in [2.24, 2.45) is 11.8 Å². The lowest BCUT2D eigenvalue weighted by Crippen LogP contribution is -2.61. The third-order valence-corrected chi connectivity index (χ3v) is 11.6. The molecule has 13 heteroatoms. The first-order valence-corrected chi connectivity index (χ1v) is 18.2. The molecule has 0 saturated carbocycles. The van der Waals surface area contributed by atoms with Crippen LogP contribution >= 0.6 is 11.8 Å². The van der Waals surface area contributed by atoms with Crippen LogP contribution in [0.3, 0.4) is 0 Å². The number of carbonyl (C=O) groups is 3. The van der Waals surface area contributed by atoms with E-state index in [9.17, 15) is 19.5 Å². The van der Waals surface area contributed by atoms with Gasteiger partial charge in [0.1, 0.15) is 11.7 Å². The van der Waals surface area contributed by atoms with Crippen LogP contribution < -0.4 is 0 Å². The molecule has 48 heavy (non-hydrogen) atoms. The highest BCUT2D eigenvalue weighted by atomic mass is 32.2. The number of nitrogens with zero attached hydrogens (tertiary/aromatic N) is 1. The Kier molecular flexibility index (Phi) is 13.5. The first kappa shape index (κ1) is 40.5. The van der Waals surface area contributed by atoms with Crippen LogP contribution in [0.5, 0.6) is 0 Å². The number of carbonyl (C=O) groups excluding carboxylic acids is 3. The molecule has 0 radical (unpaired) electrons. The maximum atomic E-state index is 16.6. The molecule has 3 rings (SSSR count). The summed E-state index contributed by atoms with van der Waals surface area (Å²) in [5.74, 6) is -4.68. The second-order valence-electron chi connectivity index (χ2n) is 14.6. The van der Waals surface area contributed by atoms with Crippen molar-refractivity contribution in [1.82, 2.24) is 4.90 Å². The van der Waals surface area contributed by atoms with Crippen LogP contribution in [0.2, 0.25) is 0 Å². The molecule has 3 aliphatic heterocycles. The SMILES string of the molecule is CC[C@H]1OC(=O)[C@@](C)(F)C(=O)[C@H](C)[C@@H](O[C@@H]2O[C@H](C)C[C@H](N(C)C)[C@H]2OC(C)=O)[C@@]2(C)C[C@@H](C)C(=N)/C=C(/CC[C@H](SC)[C@]1(C)O)CO2. The Morgan fingerprint density at radius 2 is 1.85 bits per heavy atom. The van der Waals surface area contributed by atoms with Gasteiger partial charge < -0.3 is 39.1 Å². The highest BCUT2D eigenvalue weighted by molar-refractivity contribution is 7.99. The number of allylic oxidation sites excluding steroid dienone is 1. The number of halogens is 1. The number of hydrogen-bond acceptors (Lipinski definition) is 12. The van der Waals surface area contributed by atoms with Crippen molar-refractivity contribution in [3.8, 4) is 0 Å². The summed E-state index contributed by atoms with van der Waals surface area (Å²) in [5, 5.41) is 20.2. The van der Waals surface area contributed by atoms with Gasteiger partial charge in [-0.2, -0.15) is 11.8 Å². The number of cyclic esters (lactones) is 1. The number of hydrogen-bond donors (Lipinski definition) is 2. The van der Waals surface area contributed by atoms with Gasteiger partial charge in [-0.3, -0.25) is 9.59 Å². The van der Waals surface area contributed by atoms with Crippen molar-refractivity contribution in [3.63, 3.8) is 0 Å². The van der Waals surface area contributed by atoms with Gasteiger partial charge in [-0.1, -0.05) is 20.8 Å². The minimum atomic E-state index is -3.11. The quantitative estimate of drug-likeness (QED) is 0.295. The largest absolute Gasteiger partial charge is 0.457 e. The summed E-state index contributed by atoms with van der Waals surface area (Å²) in [6, 6.07) is -0.298. The molecular weight excluding hydrogens is 643 g/mol. The third kappa shape index (κ3) is 8.87. The Morgan fingerprint density at radius 3 is 2.42 bits per heavy atom. The molecular formula is C35H57FN2O9S. The van der Waals surface area contributed by atoms with Crippen molar-refractivity contribution in [3.05, 3.63) is 11.6 Å². The molecule has 0 aromatic rings. The van der Waals surface area contributed by atoms with Crippen LogP contribution in [0.1, 0.15) is 87.5 Å². The molecule has 0 aromatic heterocycles. The molecule has 0 spiro atoms. The number of alkyl halides is 1. The lowest BCUT2D eigenvalue weighted by molar-refractivity contribution is -0.299. The van der Waals surface area contributed by atoms with Gasteiger partial charge in [0.05, 0.1) is 30.5 Å². The number of thioether (sulfide) groups is 1. The maximum absolute atomic E-state index is 16.6. The first-order valence-electron chi connectivity index (χ1n) is 16.9. The van der Waals surface area contributed by atoms with E-state index in [1.165, 1.54) is 25.6 Å². The van der Waals surface area contributed by atoms with Crippen molar-refractivity contribution in [2.75, 3.05) is 27.0 Å². The van der Waals surface area contributed by atoms with Crippen LogP contribution in [0.15, 0.2) is 11.6 Å². The molecule has 0 aliphatic carbocycles. The predicted octanol–water partition coefficient (Wildman–Crippen LogP) is 4.66. The van der Waals surface area contributed by atoms with E-state index >= 15 is 4.39 Å². The Bertz CT molecular complexity index is 1230. The molecule has 274 valence electrons. The van der Waals surface area contributed by atoms with E-state index in [1.807, 2.05) is 39.1 Å². The summed E-state index contributed by atoms with van der Waals surface area (Å²) in [4.78, 5) is 41.9. The standard InChI is InChI=1S/C35H57FN2O9S/c1-12-26-35(8,42)27(48-11)14-13-23-16-24(37)19(2)17-33(6,43-18-23)30(21(4)29(40)34(7,36)32(41)46-26)47-31-28(45-22(5)39)25(38(9)10)15-20(3)44-31/h16,19-21,25-28,30-31,37,42H,12-15,17-18H2,1-11H3/b23-16-,37-24?/t19-,20-,21+,25+,26-,27+,28-,30-,31+,33-,34+,35-/m1/s1.